The fourth-order valence-corrected chi connectivity index (χ4v) is 7.01. The maximum atomic E-state index is 14.3. The van der Waals surface area contributed by atoms with Gasteiger partial charge in [-0.05, 0) is 87.9 Å². The zero-order valence-electron chi connectivity index (χ0n) is 26.1. The predicted molar refractivity (Wildman–Crippen MR) is 172 cm³/mol. The molecular weight excluding hydrogens is 558 g/mol. The van der Waals surface area contributed by atoms with Gasteiger partial charge in [0.15, 0.2) is 0 Å². The van der Waals surface area contributed by atoms with E-state index in [-0.39, 0.29) is 23.4 Å². The smallest absolute Gasteiger partial charge is 0.264 e. The first-order valence-corrected chi connectivity index (χ1v) is 16.8. The second kappa shape index (κ2) is 14.2. The van der Waals surface area contributed by atoms with Crippen molar-refractivity contribution in [1.82, 2.24) is 10.2 Å². The van der Waals surface area contributed by atoms with Crippen LogP contribution >= 0.6 is 0 Å². The Morgan fingerprint density at radius 2 is 1.44 bits per heavy atom. The quantitative estimate of drug-likeness (QED) is 0.276. The van der Waals surface area contributed by atoms with Crippen molar-refractivity contribution in [2.24, 2.45) is 0 Å². The lowest BCUT2D eigenvalue weighted by atomic mass is 9.95. The average molecular weight is 604 g/mol. The number of aryl methyl sites for hydroxylation is 4. The van der Waals surface area contributed by atoms with Crippen LogP contribution in [0.5, 0.6) is 0 Å². The van der Waals surface area contributed by atoms with Gasteiger partial charge in [0.2, 0.25) is 11.8 Å². The minimum absolute atomic E-state index is 0.0978. The number of sulfonamides is 1. The Bertz CT molecular complexity index is 1510. The average Bonchev–Trinajstić information content (AvgIpc) is 2.99. The Hall–Kier alpha value is -3.65. The van der Waals surface area contributed by atoms with Gasteiger partial charge in [0, 0.05) is 12.6 Å². The van der Waals surface area contributed by atoms with E-state index < -0.39 is 28.5 Å². The van der Waals surface area contributed by atoms with Gasteiger partial charge < -0.3 is 10.2 Å². The minimum Gasteiger partial charge on any atom is -0.352 e. The van der Waals surface area contributed by atoms with Crippen molar-refractivity contribution in [3.05, 3.63) is 94.5 Å². The molecular formula is C35H45N3O4S. The Balaban J connectivity index is 1.72. The van der Waals surface area contributed by atoms with Crippen molar-refractivity contribution in [3.63, 3.8) is 0 Å². The number of carbonyl (C=O) groups is 2. The van der Waals surface area contributed by atoms with Gasteiger partial charge in [-0.1, -0.05) is 79.8 Å². The number of nitrogens with one attached hydrogen (secondary N) is 1. The summed E-state index contributed by atoms with van der Waals surface area (Å²) in [4.78, 5) is 29.7. The lowest BCUT2D eigenvalue weighted by molar-refractivity contribution is -0.140. The molecule has 4 rings (SSSR count). The lowest BCUT2D eigenvalue weighted by Crippen LogP contribution is -2.54. The maximum Gasteiger partial charge on any atom is 0.264 e. The molecule has 7 nitrogen and oxygen atoms in total. The monoisotopic (exact) mass is 603 g/mol. The molecule has 0 heterocycles. The summed E-state index contributed by atoms with van der Waals surface area (Å²) in [6.07, 6.45) is 5.61. The Morgan fingerprint density at radius 1 is 0.837 bits per heavy atom. The minimum atomic E-state index is -4.10. The van der Waals surface area contributed by atoms with Gasteiger partial charge in [0.05, 0.1) is 10.6 Å². The summed E-state index contributed by atoms with van der Waals surface area (Å²) in [7, 11) is -4.10. The van der Waals surface area contributed by atoms with Gasteiger partial charge in [-0.2, -0.15) is 0 Å². The van der Waals surface area contributed by atoms with Crippen LogP contribution in [0.2, 0.25) is 0 Å². The van der Waals surface area contributed by atoms with Crippen LogP contribution in [0.25, 0.3) is 0 Å². The molecule has 2 amide bonds. The van der Waals surface area contributed by atoms with Crippen LogP contribution in [0.1, 0.15) is 73.3 Å². The first-order valence-electron chi connectivity index (χ1n) is 15.3. The van der Waals surface area contributed by atoms with Gasteiger partial charge >= 0.3 is 0 Å². The standard InChI is InChI=1S/C35H45N3O4S/c1-6-33(35(40)36-30-10-8-7-9-11-30)37(23-29-17-12-25(2)13-18-29)34(39)24-38(31-19-16-27(4)28(5)22-31)43(41,42)32-20-14-26(3)15-21-32/h12-22,30,33H,6-11,23-24H2,1-5H3,(H,36,40)/t33-/m1/s1. The number of hydrogen-bond acceptors (Lipinski definition) is 4. The third-order valence-corrected chi connectivity index (χ3v) is 10.3. The van der Waals surface area contributed by atoms with E-state index in [2.05, 4.69) is 5.32 Å². The first kappa shape index (κ1) is 32.3. The van der Waals surface area contributed by atoms with Crippen molar-refractivity contribution in [1.29, 1.82) is 0 Å². The normalized spacial score (nSPS) is 14.6. The molecule has 0 aromatic heterocycles. The molecule has 1 fully saturated rings. The van der Waals surface area contributed by atoms with Crippen LogP contribution in [0.15, 0.2) is 71.6 Å². The van der Waals surface area contributed by atoms with Crippen molar-refractivity contribution >= 4 is 27.5 Å². The van der Waals surface area contributed by atoms with E-state index in [1.54, 1.807) is 41.3 Å². The highest BCUT2D eigenvalue weighted by Gasteiger charge is 2.34. The molecule has 1 aliphatic rings. The molecule has 0 bridgehead atoms. The molecule has 1 saturated carbocycles. The maximum absolute atomic E-state index is 14.3. The largest absolute Gasteiger partial charge is 0.352 e. The van der Waals surface area contributed by atoms with Gasteiger partial charge in [-0.25, -0.2) is 8.42 Å². The molecule has 1 aliphatic carbocycles. The molecule has 8 heteroatoms. The Kier molecular flexibility index (Phi) is 10.7. The van der Waals surface area contributed by atoms with Crippen molar-refractivity contribution < 1.29 is 18.0 Å². The summed E-state index contributed by atoms with van der Waals surface area (Å²) in [5.41, 5.74) is 5.26. The lowest BCUT2D eigenvalue weighted by Gasteiger charge is -2.34. The van der Waals surface area contributed by atoms with E-state index in [4.69, 9.17) is 0 Å². The van der Waals surface area contributed by atoms with E-state index in [9.17, 15) is 18.0 Å². The van der Waals surface area contributed by atoms with E-state index in [0.717, 1.165) is 53.5 Å². The summed E-state index contributed by atoms with van der Waals surface area (Å²) in [5, 5.41) is 3.20. The SMILES string of the molecule is CC[C@H](C(=O)NC1CCCCC1)N(Cc1ccc(C)cc1)C(=O)CN(c1ccc(C)c(C)c1)S(=O)(=O)c1ccc(C)cc1. The van der Waals surface area contributed by atoms with E-state index in [1.165, 1.54) is 10.7 Å². The Morgan fingerprint density at radius 3 is 2.02 bits per heavy atom. The predicted octanol–water partition coefficient (Wildman–Crippen LogP) is 6.37. The number of carbonyl (C=O) groups excluding carboxylic acids is 2. The molecule has 0 radical (unpaired) electrons. The summed E-state index contributed by atoms with van der Waals surface area (Å²) < 4.78 is 29.4. The van der Waals surface area contributed by atoms with Crippen LogP contribution in [0.4, 0.5) is 5.69 Å². The van der Waals surface area contributed by atoms with Gasteiger partial charge in [0.1, 0.15) is 12.6 Å². The molecule has 0 aliphatic heterocycles. The number of amides is 2. The highest BCUT2D eigenvalue weighted by molar-refractivity contribution is 7.92. The van der Waals surface area contributed by atoms with E-state index >= 15 is 0 Å². The zero-order chi connectivity index (χ0) is 31.1. The number of benzene rings is 3. The summed E-state index contributed by atoms with van der Waals surface area (Å²) >= 11 is 0. The summed E-state index contributed by atoms with van der Waals surface area (Å²) in [5.74, 6) is -0.617. The molecule has 43 heavy (non-hydrogen) atoms. The van der Waals surface area contributed by atoms with Crippen LogP contribution in [0.3, 0.4) is 0 Å². The molecule has 1 N–H and O–H groups in total. The highest BCUT2D eigenvalue weighted by Crippen LogP contribution is 2.27. The third kappa shape index (κ3) is 8.05. The summed E-state index contributed by atoms with van der Waals surface area (Å²) in [6.45, 7) is 9.43. The molecule has 0 spiro atoms. The van der Waals surface area contributed by atoms with Gasteiger partial charge in [-0.3, -0.25) is 13.9 Å². The van der Waals surface area contributed by atoms with Crippen LogP contribution in [0, 0.1) is 27.7 Å². The highest BCUT2D eigenvalue weighted by atomic mass is 32.2. The van der Waals surface area contributed by atoms with Gasteiger partial charge in [0.25, 0.3) is 10.0 Å². The molecule has 3 aromatic carbocycles. The van der Waals surface area contributed by atoms with Crippen LogP contribution in [-0.4, -0.2) is 43.8 Å². The summed E-state index contributed by atoms with van der Waals surface area (Å²) in [6, 6.07) is 19.2. The van der Waals surface area contributed by atoms with Gasteiger partial charge in [-0.15, -0.1) is 0 Å². The molecule has 0 unspecified atom stereocenters. The van der Waals surface area contributed by atoms with Crippen molar-refractivity contribution in [3.8, 4) is 0 Å². The molecule has 230 valence electrons. The van der Waals surface area contributed by atoms with E-state index in [1.807, 2.05) is 65.0 Å². The van der Waals surface area contributed by atoms with Crippen molar-refractivity contribution in [2.45, 2.75) is 96.7 Å². The topological polar surface area (TPSA) is 86.8 Å². The van der Waals surface area contributed by atoms with Crippen molar-refractivity contribution in [2.75, 3.05) is 10.8 Å². The van der Waals surface area contributed by atoms with Crippen LogP contribution in [-0.2, 0) is 26.2 Å². The van der Waals surface area contributed by atoms with Crippen LogP contribution < -0.4 is 9.62 Å². The fraction of sp³-hybridized carbons (Fsp3) is 0.429. The van der Waals surface area contributed by atoms with E-state index in [0.29, 0.717) is 12.1 Å². The third-order valence-electron chi connectivity index (χ3n) is 8.48. The molecule has 1 atom stereocenters. The second-order valence-electron chi connectivity index (χ2n) is 11.9. The second-order valence-corrected chi connectivity index (χ2v) is 13.7. The first-order chi connectivity index (χ1) is 20.5. The number of rotatable bonds is 11. The number of hydrogen-bond donors (Lipinski definition) is 1. The fourth-order valence-electron chi connectivity index (χ4n) is 5.60. The molecule has 3 aromatic rings. The zero-order valence-corrected chi connectivity index (χ0v) is 26.9. The Labute approximate surface area is 257 Å². The molecule has 0 saturated heterocycles. The number of nitrogens with zero attached hydrogens (tertiary/aromatic N) is 2. The number of anilines is 1.